The maximum atomic E-state index is 10.7. The van der Waals surface area contributed by atoms with E-state index in [-0.39, 0.29) is 18.4 Å². The zero-order valence-electron chi connectivity index (χ0n) is 12.5. The average molecular weight is 306 g/mol. The fraction of sp³-hybridized carbons (Fsp3) is 0.444. The molecular formula is C18H24ClNO. The number of rotatable bonds is 3. The molecule has 0 bridgehead atoms. The Morgan fingerprint density at radius 3 is 2.33 bits per heavy atom. The highest BCUT2D eigenvalue weighted by Crippen LogP contribution is 2.26. The minimum Gasteiger partial charge on any atom is -0.387 e. The molecule has 0 radical (unpaired) electrons. The molecular weight excluding hydrogens is 282 g/mol. The molecule has 2 unspecified atom stereocenters. The number of fused-ring (bicyclic) bond motifs is 1. The molecule has 21 heavy (non-hydrogen) atoms. The van der Waals surface area contributed by atoms with Crippen LogP contribution in [0.25, 0.3) is 10.8 Å². The number of hydrogen-bond donors (Lipinski definition) is 1. The van der Waals surface area contributed by atoms with Crippen molar-refractivity contribution in [3.8, 4) is 0 Å². The van der Waals surface area contributed by atoms with Crippen LogP contribution in [0.2, 0.25) is 0 Å². The molecule has 0 aromatic heterocycles. The van der Waals surface area contributed by atoms with Gasteiger partial charge in [-0.1, -0.05) is 42.8 Å². The first-order valence-electron chi connectivity index (χ1n) is 7.66. The predicted molar refractivity (Wildman–Crippen MR) is 91.0 cm³/mol. The first-order valence-corrected chi connectivity index (χ1v) is 7.66. The van der Waals surface area contributed by atoms with Crippen LogP contribution in [0.5, 0.6) is 0 Å². The molecule has 0 aliphatic carbocycles. The molecule has 1 fully saturated rings. The van der Waals surface area contributed by atoms with Crippen molar-refractivity contribution < 1.29 is 5.11 Å². The number of hydrogen-bond acceptors (Lipinski definition) is 2. The lowest BCUT2D eigenvalue weighted by Gasteiger charge is -2.35. The van der Waals surface area contributed by atoms with Crippen LogP contribution in [0.3, 0.4) is 0 Å². The van der Waals surface area contributed by atoms with Gasteiger partial charge in [0.1, 0.15) is 0 Å². The van der Waals surface area contributed by atoms with Crippen LogP contribution in [0.1, 0.15) is 37.9 Å². The number of nitrogens with zero attached hydrogens (tertiary/aromatic N) is 1. The van der Waals surface area contributed by atoms with Gasteiger partial charge in [0, 0.05) is 6.04 Å². The summed E-state index contributed by atoms with van der Waals surface area (Å²) in [6.45, 7) is 4.38. The number of aliphatic hydroxyl groups excluding tert-OH is 1. The van der Waals surface area contributed by atoms with Crippen molar-refractivity contribution in [3.63, 3.8) is 0 Å². The van der Waals surface area contributed by atoms with E-state index >= 15 is 0 Å². The molecule has 1 aliphatic rings. The summed E-state index contributed by atoms with van der Waals surface area (Å²) in [5.74, 6) is 0. The number of piperidine rings is 1. The molecule has 1 aliphatic heterocycles. The second kappa shape index (κ2) is 7.26. The summed E-state index contributed by atoms with van der Waals surface area (Å²) in [7, 11) is 0. The fourth-order valence-electron chi connectivity index (χ4n) is 3.20. The lowest BCUT2D eigenvalue weighted by Crippen LogP contribution is -2.40. The average Bonchev–Trinajstić information content (AvgIpc) is 2.54. The third kappa shape index (κ3) is 3.57. The Labute approximate surface area is 133 Å². The van der Waals surface area contributed by atoms with Gasteiger partial charge >= 0.3 is 0 Å². The number of benzene rings is 2. The smallest absolute Gasteiger partial charge is 0.0942 e. The fourth-order valence-corrected chi connectivity index (χ4v) is 3.20. The topological polar surface area (TPSA) is 23.5 Å². The van der Waals surface area contributed by atoms with E-state index in [1.54, 1.807) is 0 Å². The standard InChI is InChI=1S/C18H23NO.ClH/c1-14(19-11-5-2-6-12-19)18(20)17-10-9-15-7-3-4-8-16(15)13-17;/h3-4,7-10,13-14,18,20H,2,5-6,11-12H2,1H3;1H. The second-order valence-corrected chi connectivity index (χ2v) is 5.89. The van der Waals surface area contributed by atoms with Gasteiger partial charge < -0.3 is 5.11 Å². The van der Waals surface area contributed by atoms with Crippen molar-refractivity contribution in [2.24, 2.45) is 0 Å². The van der Waals surface area contributed by atoms with Crippen LogP contribution in [0.4, 0.5) is 0 Å². The summed E-state index contributed by atoms with van der Waals surface area (Å²) in [5.41, 5.74) is 1.03. The van der Waals surface area contributed by atoms with Crippen molar-refractivity contribution >= 4 is 23.2 Å². The van der Waals surface area contributed by atoms with E-state index in [9.17, 15) is 5.11 Å². The van der Waals surface area contributed by atoms with Crippen molar-refractivity contribution in [1.29, 1.82) is 0 Å². The Hall–Kier alpha value is -1.09. The highest BCUT2D eigenvalue weighted by atomic mass is 35.5. The molecule has 1 saturated heterocycles. The van der Waals surface area contributed by atoms with E-state index in [0.29, 0.717) is 0 Å². The molecule has 3 rings (SSSR count). The van der Waals surface area contributed by atoms with E-state index in [0.717, 1.165) is 18.7 Å². The zero-order valence-corrected chi connectivity index (χ0v) is 13.4. The molecule has 2 aromatic carbocycles. The van der Waals surface area contributed by atoms with Crippen LogP contribution in [0, 0.1) is 0 Å². The summed E-state index contributed by atoms with van der Waals surface area (Å²) >= 11 is 0. The van der Waals surface area contributed by atoms with E-state index in [4.69, 9.17) is 0 Å². The van der Waals surface area contributed by atoms with E-state index in [2.05, 4.69) is 48.2 Å². The van der Waals surface area contributed by atoms with Gasteiger partial charge in [0.15, 0.2) is 0 Å². The molecule has 0 spiro atoms. The van der Waals surface area contributed by atoms with Crippen molar-refractivity contribution in [1.82, 2.24) is 4.90 Å². The maximum absolute atomic E-state index is 10.7. The van der Waals surface area contributed by atoms with Gasteiger partial charge in [-0.05, 0) is 55.3 Å². The number of aliphatic hydroxyl groups is 1. The van der Waals surface area contributed by atoms with Gasteiger partial charge in [-0.15, -0.1) is 12.4 Å². The zero-order chi connectivity index (χ0) is 13.9. The summed E-state index contributed by atoms with van der Waals surface area (Å²) in [6, 6.07) is 14.8. The van der Waals surface area contributed by atoms with Crippen molar-refractivity contribution in [3.05, 3.63) is 48.0 Å². The number of halogens is 1. The molecule has 0 amide bonds. The first-order chi connectivity index (χ1) is 9.75. The Bertz CT molecular complexity index is 580. The Balaban J connectivity index is 0.00000161. The summed E-state index contributed by atoms with van der Waals surface area (Å²) in [6.07, 6.45) is 3.44. The van der Waals surface area contributed by atoms with Gasteiger partial charge in [-0.2, -0.15) is 0 Å². The molecule has 114 valence electrons. The van der Waals surface area contributed by atoms with Crippen LogP contribution in [-0.2, 0) is 0 Å². The SMILES string of the molecule is CC(C(O)c1ccc2ccccc2c1)N1CCCCC1.Cl. The minimum atomic E-state index is -0.405. The van der Waals surface area contributed by atoms with Gasteiger partial charge in [-0.3, -0.25) is 4.90 Å². The van der Waals surface area contributed by atoms with Crippen molar-refractivity contribution in [2.75, 3.05) is 13.1 Å². The molecule has 1 N–H and O–H groups in total. The van der Waals surface area contributed by atoms with E-state index in [1.165, 1.54) is 30.0 Å². The Morgan fingerprint density at radius 1 is 0.952 bits per heavy atom. The van der Waals surface area contributed by atoms with Gasteiger partial charge in [-0.25, -0.2) is 0 Å². The monoisotopic (exact) mass is 305 g/mol. The molecule has 2 atom stereocenters. The normalized spacial score (nSPS) is 19.0. The third-order valence-electron chi connectivity index (χ3n) is 4.54. The highest BCUT2D eigenvalue weighted by Gasteiger charge is 2.24. The Kier molecular flexibility index (Phi) is 5.63. The minimum absolute atomic E-state index is 0. The molecule has 2 aromatic rings. The van der Waals surface area contributed by atoms with Crippen LogP contribution in [0.15, 0.2) is 42.5 Å². The van der Waals surface area contributed by atoms with Gasteiger partial charge in [0.25, 0.3) is 0 Å². The first kappa shape index (κ1) is 16.3. The number of likely N-dealkylation sites (tertiary alicyclic amines) is 1. The van der Waals surface area contributed by atoms with Crippen LogP contribution >= 0.6 is 12.4 Å². The van der Waals surface area contributed by atoms with Crippen LogP contribution < -0.4 is 0 Å². The van der Waals surface area contributed by atoms with Gasteiger partial charge in [0.05, 0.1) is 6.10 Å². The summed E-state index contributed by atoms with van der Waals surface area (Å²) in [4.78, 5) is 2.42. The summed E-state index contributed by atoms with van der Waals surface area (Å²) in [5, 5.41) is 13.1. The molecule has 1 heterocycles. The third-order valence-corrected chi connectivity index (χ3v) is 4.54. The second-order valence-electron chi connectivity index (χ2n) is 5.89. The van der Waals surface area contributed by atoms with Gasteiger partial charge in [0.2, 0.25) is 0 Å². The molecule has 0 saturated carbocycles. The quantitative estimate of drug-likeness (QED) is 0.920. The lowest BCUT2D eigenvalue weighted by atomic mass is 9.97. The van der Waals surface area contributed by atoms with E-state index in [1.807, 2.05) is 6.07 Å². The lowest BCUT2D eigenvalue weighted by molar-refractivity contribution is 0.0472. The summed E-state index contributed by atoms with van der Waals surface area (Å²) < 4.78 is 0. The highest BCUT2D eigenvalue weighted by molar-refractivity contribution is 5.85. The largest absolute Gasteiger partial charge is 0.387 e. The van der Waals surface area contributed by atoms with Crippen molar-refractivity contribution in [2.45, 2.75) is 38.3 Å². The predicted octanol–water partition coefficient (Wildman–Crippen LogP) is 4.17. The Morgan fingerprint density at radius 2 is 1.62 bits per heavy atom. The van der Waals surface area contributed by atoms with E-state index < -0.39 is 6.10 Å². The van der Waals surface area contributed by atoms with Crippen LogP contribution in [-0.4, -0.2) is 29.1 Å². The maximum Gasteiger partial charge on any atom is 0.0942 e. The molecule has 3 heteroatoms. The molecule has 2 nitrogen and oxygen atoms in total.